The van der Waals surface area contributed by atoms with Gasteiger partial charge in [-0.15, -0.1) is 0 Å². The first kappa shape index (κ1) is 15.1. The number of likely N-dealkylation sites (tertiary alicyclic amines) is 1. The Morgan fingerprint density at radius 3 is 2.50 bits per heavy atom. The molecular weight excluding hydrogens is 254 g/mol. The highest BCUT2D eigenvalue weighted by atomic mass is 16.4. The molecule has 1 atom stereocenters. The summed E-state index contributed by atoms with van der Waals surface area (Å²) >= 11 is 0. The Morgan fingerprint density at radius 2 is 2.00 bits per heavy atom. The van der Waals surface area contributed by atoms with Crippen LogP contribution in [0.3, 0.4) is 0 Å². The van der Waals surface area contributed by atoms with E-state index in [1.807, 2.05) is 4.90 Å². The highest BCUT2D eigenvalue weighted by molar-refractivity contribution is 6.07. The fourth-order valence-electron chi connectivity index (χ4n) is 3.50. The number of carbonyl (C=O) groups excluding carboxylic acids is 1. The third-order valence-electron chi connectivity index (χ3n) is 5.22. The molecule has 0 spiro atoms. The minimum Gasteiger partial charge on any atom is -0.409 e. The van der Waals surface area contributed by atoms with Crippen LogP contribution in [0.1, 0.15) is 52.4 Å². The molecule has 2 aliphatic rings. The molecule has 0 aromatic heterocycles. The van der Waals surface area contributed by atoms with E-state index in [0.717, 1.165) is 32.4 Å². The second kappa shape index (κ2) is 6.02. The molecule has 1 aliphatic heterocycles. The van der Waals surface area contributed by atoms with Gasteiger partial charge in [-0.1, -0.05) is 25.4 Å². The topological polar surface area (TPSA) is 78.9 Å². The molecule has 5 nitrogen and oxygen atoms in total. The van der Waals surface area contributed by atoms with E-state index in [2.05, 4.69) is 19.0 Å². The summed E-state index contributed by atoms with van der Waals surface area (Å²) in [5.41, 5.74) is 5.07. The number of rotatable bonds is 3. The largest absolute Gasteiger partial charge is 0.409 e. The van der Waals surface area contributed by atoms with Gasteiger partial charge in [0.15, 0.2) is 5.84 Å². The second-order valence-electron chi connectivity index (χ2n) is 6.65. The molecule has 1 heterocycles. The number of nitrogens with zero attached hydrogens (tertiary/aromatic N) is 2. The molecule has 0 aromatic rings. The molecule has 2 rings (SSSR count). The summed E-state index contributed by atoms with van der Waals surface area (Å²) in [6.07, 6.45) is 5.72. The Balaban J connectivity index is 2.06. The van der Waals surface area contributed by atoms with Gasteiger partial charge < -0.3 is 15.8 Å². The van der Waals surface area contributed by atoms with Crippen molar-refractivity contribution in [1.82, 2.24) is 4.90 Å². The molecule has 0 bridgehead atoms. The van der Waals surface area contributed by atoms with Crippen LogP contribution in [0.25, 0.3) is 0 Å². The molecule has 0 radical (unpaired) electrons. The number of amides is 1. The standard InChI is InChI=1S/C15H27N3O2/c1-11(2)12-5-3-9-18(10-6-12)14(19)15(7-4-8-15)13(16)17-20/h11-12,20H,3-10H2,1-2H3,(H2,16,17). The maximum Gasteiger partial charge on any atom is 0.236 e. The Morgan fingerprint density at radius 1 is 1.30 bits per heavy atom. The Hall–Kier alpha value is -1.26. The average molecular weight is 281 g/mol. The molecule has 20 heavy (non-hydrogen) atoms. The monoisotopic (exact) mass is 281 g/mol. The average Bonchev–Trinajstić information content (AvgIpc) is 2.62. The molecule has 5 heteroatoms. The van der Waals surface area contributed by atoms with Crippen LogP contribution in [0.4, 0.5) is 0 Å². The van der Waals surface area contributed by atoms with Gasteiger partial charge in [-0.3, -0.25) is 4.79 Å². The first-order valence-corrected chi connectivity index (χ1v) is 7.78. The number of hydrogen-bond acceptors (Lipinski definition) is 3. The van der Waals surface area contributed by atoms with E-state index in [-0.39, 0.29) is 11.7 Å². The third-order valence-corrected chi connectivity index (χ3v) is 5.22. The lowest BCUT2D eigenvalue weighted by atomic mass is 9.66. The van der Waals surface area contributed by atoms with Gasteiger partial charge in [-0.2, -0.15) is 0 Å². The molecule has 1 aliphatic carbocycles. The summed E-state index contributed by atoms with van der Waals surface area (Å²) in [5, 5.41) is 12.1. The lowest BCUT2D eigenvalue weighted by molar-refractivity contribution is -0.142. The zero-order chi connectivity index (χ0) is 14.8. The van der Waals surface area contributed by atoms with Crippen LogP contribution in [0.5, 0.6) is 0 Å². The van der Waals surface area contributed by atoms with Crippen molar-refractivity contribution in [1.29, 1.82) is 0 Å². The fraction of sp³-hybridized carbons (Fsp3) is 0.867. The van der Waals surface area contributed by atoms with Gasteiger partial charge in [0.25, 0.3) is 0 Å². The SMILES string of the molecule is CC(C)C1CCCN(C(=O)C2(C(N)=NO)CCC2)CC1. The van der Waals surface area contributed by atoms with Crippen LogP contribution in [0.2, 0.25) is 0 Å². The van der Waals surface area contributed by atoms with Crippen molar-refractivity contribution in [2.75, 3.05) is 13.1 Å². The van der Waals surface area contributed by atoms with Crippen molar-refractivity contribution >= 4 is 11.7 Å². The quantitative estimate of drug-likeness (QED) is 0.360. The molecule has 2 fully saturated rings. The second-order valence-corrected chi connectivity index (χ2v) is 6.65. The first-order chi connectivity index (χ1) is 9.51. The summed E-state index contributed by atoms with van der Waals surface area (Å²) in [6, 6.07) is 0. The maximum absolute atomic E-state index is 12.8. The Labute approximate surface area is 121 Å². The van der Waals surface area contributed by atoms with Crippen molar-refractivity contribution in [3.8, 4) is 0 Å². The summed E-state index contributed by atoms with van der Waals surface area (Å²) in [5.74, 6) is 1.54. The Bertz CT molecular complexity index is 389. The van der Waals surface area contributed by atoms with E-state index in [9.17, 15) is 4.79 Å². The van der Waals surface area contributed by atoms with E-state index in [1.165, 1.54) is 6.42 Å². The lowest BCUT2D eigenvalue weighted by Gasteiger charge is -2.42. The zero-order valence-corrected chi connectivity index (χ0v) is 12.6. The number of oxime groups is 1. The first-order valence-electron chi connectivity index (χ1n) is 7.78. The Kier molecular flexibility index (Phi) is 4.55. The molecule has 1 amide bonds. The minimum atomic E-state index is -0.716. The van der Waals surface area contributed by atoms with Gasteiger partial charge in [0.1, 0.15) is 5.41 Å². The van der Waals surface area contributed by atoms with Crippen molar-refractivity contribution in [3.05, 3.63) is 0 Å². The van der Waals surface area contributed by atoms with Crippen molar-refractivity contribution < 1.29 is 10.0 Å². The van der Waals surface area contributed by atoms with Crippen molar-refractivity contribution in [2.45, 2.75) is 52.4 Å². The molecule has 1 saturated carbocycles. The predicted octanol–water partition coefficient (Wildman–Crippen LogP) is 2.19. The number of amidine groups is 1. The van der Waals surface area contributed by atoms with Gasteiger partial charge in [0.2, 0.25) is 5.91 Å². The van der Waals surface area contributed by atoms with Gasteiger partial charge in [0.05, 0.1) is 0 Å². The molecular formula is C15H27N3O2. The third kappa shape index (κ3) is 2.63. The summed E-state index contributed by atoms with van der Waals surface area (Å²) in [4.78, 5) is 14.7. The molecule has 1 saturated heterocycles. The van der Waals surface area contributed by atoms with E-state index < -0.39 is 5.41 Å². The highest BCUT2D eigenvalue weighted by Gasteiger charge is 2.50. The van der Waals surface area contributed by atoms with Gasteiger partial charge >= 0.3 is 0 Å². The van der Waals surface area contributed by atoms with Crippen LogP contribution < -0.4 is 5.73 Å². The van der Waals surface area contributed by atoms with Crippen LogP contribution in [-0.4, -0.2) is 34.9 Å². The number of nitrogens with two attached hydrogens (primary N) is 1. The van der Waals surface area contributed by atoms with Crippen LogP contribution in [0.15, 0.2) is 5.16 Å². The van der Waals surface area contributed by atoms with Crippen molar-refractivity contribution in [3.63, 3.8) is 0 Å². The summed E-state index contributed by atoms with van der Waals surface area (Å²) in [7, 11) is 0. The molecule has 3 N–H and O–H groups in total. The smallest absolute Gasteiger partial charge is 0.236 e. The molecule has 1 unspecified atom stereocenters. The number of hydrogen-bond donors (Lipinski definition) is 2. The van der Waals surface area contributed by atoms with E-state index in [4.69, 9.17) is 10.9 Å². The number of carbonyl (C=O) groups is 1. The van der Waals surface area contributed by atoms with Crippen LogP contribution >= 0.6 is 0 Å². The fourth-order valence-corrected chi connectivity index (χ4v) is 3.50. The van der Waals surface area contributed by atoms with Gasteiger partial charge in [-0.25, -0.2) is 0 Å². The normalized spacial score (nSPS) is 27.1. The predicted molar refractivity (Wildman–Crippen MR) is 78.5 cm³/mol. The zero-order valence-electron chi connectivity index (χ0n) is 12.6. The van der Waals surface area contributed by atoms with Gasteiger partial charge in [0, 0.05) is 13.1 Å². The molecule has 114 valence electrons. The van der Waals surface area contributed by atoms with E-state index >= 15 is 0 Å². The van der Waals surface area contributed by atoms with Crippen molar-refractivity contribution in [2.24, 2.45) is 28.1 Å². The lowest BCUT2D eigenvalue weighted by Crippen LogP contribution is -2.55. The minimum absolute atomic E-state index is 0.0726. The van der Waals surface area contributed by atoms with Crippen LogP contribution in [0, 0.1) is 17.3 Å². The highest BCUT2D eigenvalue weighted by Crippen LogP contribution is 2.43. The van der Waals surface area contributed by atoms with Gasteiger partial charge in [-0.05, 0) is 43.9 Å². The summed E-state index contributed by atoms with van der Waals surface area (Å²) < 4.78 is 0. The van der Waals surface area contributed by atoms with Crippen LogP contribution in [-0.2, 0) is 4.79 Å². The summed E-state index contributed by atoms with van der Waals surface area (Å²) in [6.45, 7) is 6.13. The van der Waals surface area contributed by atoms with E-state index in [0.29, 0.717) is 24.7 Å². The van der Waals surface area contributed by atoms with E-state index in [1.54, 1.807) is 0 Å². The molecule has 0 aromatic carbocycles. The maximum atomic E-state index is 12.8.